The molecule has 2 aliphatic rings. The lowest BCUT2D eigenvalue weighted by Gasteiger charge is -2.39. The number of pyridine rings is 1. The maximum absolute atomic E-state index is 14.5. The van der Waals surface area contributed by atoms with Gasteiger partial charge in [0.25, 0.3) is 0 Å². The first-order chi connectivity index (χ1) is 22.9. The molecule has 1 N–H and O–H groups in total. The molecule has 2 fully saturated rings. The van der Waals surface area contributed by atoms with Crippen LogP contribution in [0.3, 0.4) is 0 Å². The van der Waals surface area contributed by atoms with Gasteiger partial charge in [0.15, 0.2) is 0 Å². The monoisotopic (exact) mass is 683 g/mol. The third-order valence-corrected chi connectivity index (χ3v) is 9.13. The molecule has 14 heteroatoms. The molecule has 2 atom stereocenters. The van der Waals surface area contributed by atoms with Gasteiger partial charge in [0.2, 0.25) is 6.10 Å². The Kier molecular flexibility index (Phi) is 9.24. The molecular weight excluding hydrogens is 651 g/mol. The van der Waals surface area contributed by atoms with Crippen molar-refractivity contribution in [3.63, 3.8) is 0 Å². The molecule has 2 aromatic carbocycles. The number of carbonyl (C=O) groups is 2. The Bertz CT molecular complexity index is 1780. The van der Waals surface area contributed by atoms with Crippen LogP contribution in [0.15, 0.2) is 79.1 Å². The van der Waals surface area contributed by atoms with E-state index in [1.54, 1.807) is 19.2 Å². The van der Waals surface area contributed by atoms with E-state index in [1.165, 1.54) is 46.1 Å². The highest BCUT2D eigenvalue weighted by atomic mass is 35.5. The summed E-state index contributed by atoms with van der Waals surface area (Å²) >= 11 is 6.16. The van der Waals surface area contributed by atoms with Gasteiger partial charge in [0.1, 0.15) is 24.2 Å². The minimum absolute atomic E-state index is 0.0284. The van der Waals surface area contributed by atoms with E-state index in [-0.39, 0.29) is 41.6 Å². The molecule has 2 unspecified atom stereocenters. The number of benzene rings is 2. The van der Waals surface area contributed by atoms with Crippen LogP contribution in [-0.2, 0) is 16.1 Å². The Hall–Kier alpha value is -4.78. The number of aromatic nitrogens is 3. The first-order valence-corrected chi connectivity index (χ1v) is 15.8. The van der Waals surface area contributed by atoms with Gasteiger partial charge in [0.05, 0.1) is 11.4 Å². The number of anilines is 1. The number of aryl methyl sites for hydroxylation is 1. The number of hydrogen-bond acceptors (Lipinski definition) is 7. The van der Waals surface area contributed by atoms with Crippen LogP contribution in [0.5, 0.6) is 5.75 Å². The number of alkyl halides is 3. The van der Waals surface area contributed by atoms with E-state index in [1.807, 2.05) is 35.2 Å². The molecule has 0 radical (unpaired) electrons. The predicted molar refractivity (Wildman–Crippen MR) is 170 cm³/mol. The second-order valence-corrected chi connectivity index (χ2v) is 12.6. The van der Waals surface area contributed by atoms with E-state index in [0.29, 0.717) is 37.4 Å². The Balaban J connectivity index is 1.15. The van der Waals surface area contributed by atoms with Crippen LogP contribution >= 0.6 is 11.6 Å². The molecular formula is C34H33ClF3N5O5. The molecule has 4 aromatic rings. The fraction of sp³-hybridized carbons (Fsp3) is 0.353. The van der Waals surface area contributed by atoms with Crippen LogP contribution in [0.25, 0.3) is 5.69 Å². The summed E-state index contributed by atoms with van der Waals surface area (Å²) in [5.74, 6) is -0.697. The largest absolute Gasteiger partial charge is 0.480 e. The quantitative estimate of drug-likeness (QED) is 0.212. The summed E-state index contributed by atoms with van der Waals surface area (Å²) in [6.45, 7) is 2.91. The molecule has 0 saturated carbocycles. The van der Waals surface area contributed by atoms with Gasteiger partial charge < -0.3 is 19.5 Å². The van der Waals surface area contributed by atoms with E-state index < -0.39 is 35.8 Å². The van der Waals surface area contributed by atoms with Gasteiger partial charge in [-0.2, -0.15) is 18.3 Å². The summed E-state index contributed by atoms with van der Waals surface area (Å²) in [7, 11) is 0. The number of carboxylic acids is 1. The minimum atomic E-state index is -4.77. The van der Waals surface area contributed by atoms with Crippen molar-refractivity contribution < 1.29 is 37.3 Å². The number of amides is 1. The number of nitrogens with zero attached hydrogens (tertiary/aromatic N) is 5. The zero-order chi connectivity index (χ0) is 34.1. The lowest BCUT2D eigenvalue weighted by Crippen LogP contribution is -2.43. The van der Waals surface area contributed by atoms with Gasteiger partial charge in [0, 0.05) is 48.7 Å². The first-order valence-electron chi connectivity index (χ1n) is 15.4. The highest BCUT2D eigenvalue weighted by Gasteiger charge is 2.51. The third kappa shape index (κ3) is 7.20. The Labute approximate surface area is 279 Å². The average molecular weight is 684 g/mol. The van der Waals surface area contributed by atoms with Crippen molar-refractivity contribution in [1.82, 2.24) is 19.7 Å². The van der Waals surface area contributed by atoms with Crippen LogP contribution in [0.2, 0.25) is 5.02 Å². The number of carbonyl (C=O) groups excluding carboxylic acids is 1. The van der Waals surface area contributed by atoms with Crippen molar-refractivity contribution in [3.05, 3.63) is 101 Å². The minimum Gasteiger partial charge on any atom is -0.480 e. The number of ether oxygens (including phenoxy) is 2. The molecule has 0 aliphatic carbocycles. The Morgan fingerprint density at radius 3 is 2.50 bits per heavy atom. The van der Waals surface area contributed by atoms with Gasteiger partial charge >= 0.3 is 18.2 Å². The number of piperidine rings is 1. The standard InChI is InChI=1S/C34H33ClF3N5O5/c1-22-10-14-43(40-22)27-17-24(35)7-8-26(27)30(34(36,37)38)48-25-9-13-39-29(18-25)41-15-11-33(12-16-41)19-28(31(44)45)42(21-33)32(46)47-20-23-5-3-2-4-6-23/h2-10,13-14,17-18,28,30H,11-12,15-16,19-21H2,1H3,(H,44,45). The molecule has 2 aliphatic heterocycles. The van der Waals surface area contributed by atoms with Gasteiger partial charge in [-0.05, 0) is 61.4 Å². The van der Waals surface area contributed by atoms with Crippen LogP contribution in [0.4, 0.5) is 23.8 Å². The molecule has 6 rings (SSSR count). The van der Waals surface area contributed by atoms with Gasteiger partial charge in [-0.25, -0.2) is 19.3 Å². The smallest absolute Gasteiger partial charge is 0.429 e. The molecule has 1 amide bonds. The van der Waals surface area contributed by atoms with E-state index in [4.69, 9.17) is 21.1 Å². The molecule has 4 heterocycles. The molecule has 0 bridgehead atoms. The fourth-order valence-electron chi connectivity index (χ4n) is 6.42. The van der Waals surface area contributed by atoms with E-state index in [9.17, 15) is 27.9 Å². The van der Waals surface area contributed by atoms with Crippen molar-refractivity contribution in [2.45, 2.75) is 51.1 Å². The van der Waals surface area contributed by atoms with E-state index in [0.717, 1.165) is 5.56 Å². The van der Waals surface area contributed by atoms with Crippen LogP contribution < -0.4 is 9.64 Å². The number of hydrogen-bond donors (Lipinski definition) is 1. The second-order valence-electron chi connectivity index (χ2n) is 12.2. The van der Waals surface area contributed by atoms with Gasteiger partial charge in [-0.15, -0.1) is 0 Å². The Morgan fingerprint density at radius 2 is 1.83 bits per heavy atom. The van der Waals surface area contributed by atoms with Gasteiger partial charge in [-0.3, -0.25) is 4.90 Å². The number of aliphatic carboxylic acids is 1. The first kappa shape index (κ1) is 33.1. The van der Waals surface area contributed by atoms with Crippen LogP contribution in [0, 0.1) is 12.3 Å². The maximum Gasteiger partial charge on any atom is 0.429 e. The summed E-state index contributed by atoms with van der Waals surface area (Å²) in [5, 5.41) is 14.4. The average Bonchev–Trinajstić information content (AvgIpc) is 3.67. The van der Waals surface area contributed by atoms with Crippen molar-refractivity contribution in [2.75, 3.05) is 24.5 Å². The molecule has 1 spiro atoms. The highest BCUT2D eigenvalue weighted by molar-refractivity contribution is 6.30. The molecule has 2 aromatic heterocycles. The predicted octanol–water partition coefficient (Wildman–Crippen LogP) is 6.99. The zero-order valence-corrected chi connectivity index (χ0v) is 26.7. The summed E-state index contributed by atoms with van der Waals surface area (Å²) in [6.07, 6.45) is -3.45. The van der Waals surface area contributed by atoms with Crippen LogP contribution in [-0.4, -0.2) is 68.7 Å². The molecule has 10 nitrogen and oxygen atoms in total. The number of rotatable bonds is 8. The number of likely N-dealkylation sites (tertiary alicyclic amines) is 1. The summed E-state index contributed by atoms with van der Waals surface area (Å²) in [4.78, 5) is 32.7. The van der Waals surface area contributed by atoms with E-state index >= 15 is 0 Å². The fourth-order valence-corrected chi connectivity index (χ4v) is 6.58. The Morgan fingerprint density at radius 1 is 1.08 bits per heavy atom. The summed E-state index contributed by atoms with van der Waals surface area (Å²) in [6, 6.07) is 16.7. The lowest BCUT2D eigenvalue weighted by atomic mass is 9.76. The molecule has 252 valence electrons. The summed E-state index contributed by atoms with van der Waals surface area (Å²) < 4.78 is 56.0. The topological polar surface area (TPSA) is 110 Å². The lowest BCUT2D eigenvalue weighted by molar-refractivity contribution is -0.198. The van der Waals surface area contributed by atoms with Crippen molar-refractivity contribution in [2.24, 2.45) is 5.41 Å². The summed E-state index contributed by atoms with van der Waals surface area (Å²) in [5.41, 5.74) is 0.953. The van der Waals surface area contributed by atoms with E-state index in [2.05, 4.69) is 10.1 Å². The number of carboxylic acid groups (broad SMARTS) is 1. The molecule has 48 heavy (non-hydrogen) atoms. The van der Waals surface area contributed by atoms with Gasteiger partial charge in [-0.1, -0.05) is 48.0 Å². The maximum atomic E-state index is 14.5. The third-order valence-electron chi connectivity index (χ3n) is 8.89. The van der Waals surface area contributed by atoms with Crippen LogP contribution in [0.1, 0.15) is 42.2 Å². The second kappa shape index (κ2) is 13.4. The SMILES string of the molecule is Cc1ccn(-c2cc(Cl)ccc2C(Oc2ccnc(N3CCC4(CC3)CC(C(=O)O)N(C(=O)OCc3ccccc3)C4)c2)C(F)(F)F)n1. The number of halogens is 4. The van der Waals surface area contributed by atoms with Crippen molar-refractivity contribution >= 4 is 29.5 Å². The normalized spacial score (nSPS) is 18.1. The molecule has 2 saturated heterocycles. The zero-order valence-electron chi connectivity index (χ0n) is 25.9. The van der Waals surface area contributed by atoms with Crippen molar-refractivity contribution in [3.8, 4) is 11.4 Å². The highest BCUT2D eigenvalue weighted by Crippen LogP contribution is 2.45. The van der Waals surface area contributed by atoms with Crippen molar-refractivity contribution in [1.29, 1.82) is 0 Å².